The summed E-state index contributed by atoms with van der Waals surface area (Å²) in [7, 11) is 3.45. The van der Waals surface area contributed by atoms with Gasteiger partial charge in [-0.25, -0.2) is 0 Å². The van der Waals surface area contributed by atoms with Gasteiger partial charge in [0.05, 0.1) is 0 Å². The third-order valence-electron chi connectivity index (χ3n) is 3.41. The van der Waals surface area contributed by atoms with Crippen LogP contribution in [-0.2, 0) is 9.47 Å². The van der Waals surface area contributed by atoms with Crippen molar-refractivity contribution in [1.29, 1.82) is 0 Å². The highest BCUT2D eigenvalue weighted by Crippen LogP contribution is 2.35. The number of aryl methyl sites for hydroxylation is 1. The highest BCUT2D eigenvalue weighted by molar-refractivity contribution is 5.31. The number of benzene rings is 2. The predicted octanol–water partition coefficient (Wildman–Crippen LogP) is 4.07. The minimum absolute atomic E-state index is 0.103. The van der Waals surface area contributed by atoms with Gasteiger partial charge in [0.1, 0.15) is 12.2 Å². The van der Waals surface area contributed by atoms with Gasteiger partial charge >= 0.3 is 0 Å². The number of methoxy groups -OCH3 is 2. The molecular weight excluding hydrogens is 236 g/mol. The Hall–Kier alpha value is -1.64. The fraction of sp³-hybridized carbons (Fsp3) is 0.294. The molecule has 2 rings (SSSR count). The molecule has 2 nitrogen and oxygen atoms in total. The van der Waals surface area contributed by atoms with Crippen molar-refractivity contribution in [3.05, 3.63) is 71.3 Å². The van der Waals surface area contributed by atoms with Crippen LogP contribution in [0.1, 0.15) is 28.9 Å². The van der Waals surface area contributed by atoms with Gasteiger partial charge in [-0.3, -0.25) is 0 Å². The normalized spacial score (nSPS) is 14.1. The Bertz CT molecular complexity index is 508. The van der Waals surface area contributed by atoms with Gasteiger partial charge in [-0.2, -0.15) is 0 Å². The van der Waals surface area contributed by atoms with Crippen molar-refractivity contribution >= 4 is 0 Å². The molecule has 100 valence electrons. The van der Waals surface area contributed by atoms with Gasteiger partial charge in [0.2, 0.25) is 0 Å². The van der Waals surface area contributed by atoms with E-state index in [2.05, 4.69) is 31.2 Å². The van der Waals surface area contributed by atoms with E-state index in [9.17, 15) is 0 Å². The molecule has 0 aliphatic carbocycles. The summed E-state index contributed by atoms with van der Waals surface area (Å²) in [6, 6.07) is 18.4. The first kappa shape index (κ1) is 13.8. The van der Waals surface area contributed by atoms with Gasteiger partial charge in [-0.1, -0.05) is 54.6 Å². The van der Waals surface area contributed by atoms with Gasteiger partial charge in [-0.05, 0) is 23.6 Å². The molecular formula is C17H20O2. The molecule has 2 atom stereocenters. The molecule has 0 aliphatic rings. The SMILES string of the molecule is CO[C@@H](c1ccccc1)[C@@H](OC)c1ccccc1C. The molecule has 2 aromatic rings. The van der Waals surface area contributed by atoms with Crippen LogP contribution >= 0.6 is 0 Å². The van der Waals surface area contributed by atoms with E-state index in [0.717, 1.165) is 5.56 Å². The van der Waals surface area contributed by atoms with Crippen LogP contribution in [0, 0.1) is 6.92 Å². The van der Waals surface area contributed by atoms with E-state index >= 15 is 0 Å². The number of hydrogen-bond acceptors (Lipinski definition) is 2. The van der Waals surface area contributed by atoms with Crippen molar-refractivity contribution in [2.75, 3.05) is 14.2 Å². The van der Waals surface area contributed by atoms with Gasteiger partial charge in [-0.15, -0.1) is 0 Å². The first-order chi connectivity index (χ1) is 9.27. The Labute approximate surface area is 115 Å². The number of hydrogen-bond donors (Lipinski definition) is 0. The maximum atomic E-state index is 5.70. The van der Waals surface area contributed by atoms with Gasteiger partial charge in [0.25, 0.3) is 0 Å². The lowest BCUT2D eigenvalue weighted by atomic mass is 9.95. The fourth-order valence-electron chi connectivity index (χ4n) is 2.40. The highest BCUT2D eigenvalue weighted by atomic mass is 16.5. The molecule has 0 N–H and O–H groups in total. The second-order valence-electron chi connectivity index (χ2n) is 4.58. The standard InChI is InChI=1S/C17H20O2/c1-13-9-7-8-12-15(13)17(19-3)16(18-2)14-10-5-4-6-11-14/h4-12,16-17H,1-3H3/t16-,17-/m0/s1. The zero-order valence-corrected chi connectivity index (χ0v) is 11.7. The summed E-state index contributed by atoms with van der Waals surface area (Å²) in [6.07, 6.45) is -0.208. The molecule has 19 heavy (non-hydrogen) atoms. The quantitative estimate of drug-likeness (QED) is 0.802. The van der Waals surface area contributed by atoms with Gasteiger partial charge in [0, 0.05) is 14.2 Å². The zero-order chi connectivity index (χ0) is 13.7. The lowest BCUT2D eigenvalue weighted by Crippen LogP contribution is -2.16. The molecule has 2 heteroatoms. The van der Waals surface area contributed by atoms with Crippen LogP contribution in [0.2, 0.25) is 0 Å². The zero-order valence-electron chi connectivity index (χ0n) is 11.7. The Morgan fingerprint density at radius 3 is 1.89 bits per heavy atom. The lowest BCUT2D eigenvalue weighted by Gasteiger charge is -2.26. The van der Waals surface area contributed by atoms with E-state index in [1.807, 2.05) is 30.3 Å². The summed E-state index contributed by atoms with van der Waals surface area (Å²) < 4.78 is 11.4. The van der Waals surface area contributed by atoms with E-state index in [4.69, 9.17) is 9.47 Å². The molecule has 0 radical (unpaired) electrons. The van der Waals surface area contributed by atoms with Crippen molar-refractivity contribution in [2.45, 2.75) is 19.1 Å². The monoisotopic (exact) mass is 256 g/mol. The third kappa shape index (κ3) is 3.03. The maximum Gasteiger partial charge on any atom is 0.113 e. The summed E-state index contributed by atoms with van der Waals surface area (Å²) in [6.45, 7) is 2.10. The molecule has 0 fully saturated rings. The van der Waals surface area contributed by atoms with Crippen LogP contribution < -0.4 is 0 Å². The summed E-state index contributed by atoms with van der Waals surface area (Å²) in [5.41, 5.74) is 3.51. The second kappa shape index (κ2) is 6.50. The Balaban J connectivity index is 2.38. The van der Waals surface area contributed by atoms with E-state index in [0.29, 0.717) is 0 Å². The third-order valence-corrected chi connectivity index (χ3v) is 3.41. The van der Waals surface area contributed by atoms with E-state index < -0.39 is 0 Å². The Kier molecular flexibility index (Phi) is 4.72. The topological polar surface area (TPSA) is 18.5 Å². The predicted molar refractivity (Wildman–Crippen MR) is 77.1 cm³/mol. The molecule has 0 aromatic heterocycles. The minimum Gasteiger partial charge on any atom is -0.374 e. The van der Waals surface area contributed by atoms with Crippen LogP contribution in [0.4, 0.5) is 0 Å². The molecule has 0 amide bonds. The highest BCUT2D eigenvalue weighted by Gasteiger charge is 2.25. The summed E-state index contributed by atoms with van der Waals surface area (Å²) in [5.74, 6) is 0. The van der Waals surface area contributed by atoms with Crippen molar-refractivity contribution in [1.82, 2.24) is 0 Å². The number of ether oxygens (including phenoxy) is 2. The second-order valence-corrected chi connectivity index (χ2v) is 4.58. The largest absolute Gasteiger partial charge is 0.374 e. The Morgan fingerprint density at radius 2 is 1.32 bits per heavy atom. The van der Waals surface area contributed by atoms with Crippen molar-refractivity contribution < 1.29 is 9.47 Å². The molecule has 0 saturated heterocycles. The summed E-state index contributed by atoms with van der Waals surface area (Å²) >= 11 is 0. The smallest absolute Gasteiger partial charge is 0.113 e. The summed E-state index contributed by atoms with van der Waals surface area (Å²) in [5, 5.41) is 0. The molecule has 0 heterocycles. The molecule has 0 unspecified atom stereocenters. The van der Waals surface area contributed by atoms with Crippen molar-refractivity contribution in [3.63, 3.8) is 0 Å². The van der Waals surface area contributed by atoms with Crippen molar-refractivity contribution in [3.8, 4) is 0 Å². The molecule has 0 aliphatic heterocycles. The fourth-order valence-corrected chi connectivity index (χ4v) is 2.40. The first-order valence-electron chi connectivity index (χ1n) is 6.44. The van der Waals surface area contributed by atoms with Crippen LogP contribution in [-0.4, -0.2) is 14.2 Å². The number of rotatable bonds is 5. The molecule has 0 bridgehead atoms. The maximum absolute atomic E-state index is 5.70. The van der Waals surface area contributed by atoms with Crippen LogP contribution in [0.25, 0.3) is 0 Å². The average molecular weight is 256 g/mol. The van der Waals surface area contributed by atoms with E-state index in [1.165, 1.54) is 11.1 Å². The molecule has 0 saturated carbocycles. The summed E-state index contributed by atoms with van der Waals surface area (Å²) in [4.78, 5) is 0. The van der Waals surface area contributed by atoms with Crippen LogP contribution in [0.15, 0.2) is 54.6 Å². The van der Waals surface area contributed by atoms with Gasteiger partial charge in [0.15, 0.2) is 0 Å². The average Bonchev–Trinajstić information content (AvgIpc) is 2.46. The van der Waals surface area contributed by atoms with Gasteiger partial charge < -0.3 is 9.47 Å². The molecule has 2 aromatic carbocycles. The van der Waals surface area contributed by atoms with Crippen LogP contribution in [0.5, 0.6) is 0 Å². The minimum atomic E-state index is -0.104. The Morgan fingerprint density at radius 1 is 0.737 bits per heavy atom. The van der Waals surface area contributed by atoms with E-state index in [1.54, 1.807) is 14.2 Å². The van der Waals surface area contributed by atoms with Crippen molar-refractivity contribution in [2.24, 2.45) is 0 Å². The first-order valence-corrected chi connectivity index (χ1v) is 6.44. The van der Waals surface area contributed by atoms with Crippen LogP contribution in [0.3, 0.4) is 0 Å². The molecule has 0 spiro atoms. The van der Waals surface area contributed by atoms with E-state index in [-0.39, 0.29) is 12.2 Å². The lowest BCUT2D eigenvalue weighted by molar-refractivity contribution is -0.0400.